The van der Waals surface area contributed by atoms with Gasteiger partial charge in [-0.25, -0.2) is 0 Å². The quantitative estimate of drug-likeness (QED) is 0.0195. The Labute approximate surface area is 432 Å². The number of allylic oxidation sites excluding steroid dienone is 8. The molecule has 0 radical (unpaired) electrons. The lowest BCUT2D eigenvalue weighted by Crippen LogP contribution is -2.44. The third-order valence-electron chi connectivity index (χ3n) is 12.8. The smallest absolute Gasteiger partial charge is 0.306 e. The molecule has 0 amide bonds. The van der Waals surface area contributed by atoms with Crippen LogP contribution in [0.2, 0.25) is 0 Å². The minimum absolute atomic E-state index is 0.147. The van der Waals surface area contributed by atoms with E-state index in [4.69, 9.17) is 18.9 Å². The summed E-state index contributed by atoms with van der Waals surface area (Å²) in [5, 5.41) is 11.7. The zero-order valence-electron chi connectivity index (χ0n) is 46.4. The first-order valence-electron chi connectivity index (χ1n) is 29.3. The monoisotopic (exact) mass is 986 g/mol. The Bertz CT molecular complexity index is 1290. The van der Waals surface area contributed by atoms with E-state index in [1.807, 2.05) is 21.1 Å². The molecule has 2 unspecified atom stereocenters. The maximum atomic E-state index is 12.8. The molecule has 0 bridgehead atoms. The molecular formula is C61H111NO8. The number of hydrogen-bond donors (Lipinski definition) is 0. The number of nitrogens with zero attached hydrogens (tertiary/aromatic N) is 1. The summed E-state index contributed by atoms with van der Waals surface area (Å²) in [5.41, 5.74) is 0. The molecule has 9 heteroatoms. The molecular weight excluding hydrogens is 875 g/mol. The molecule has 0 saturated carbocycles. The Morgan fingerprint density at radius 2 is 0.771 bits per heavy atom. The van der Waals surface area contributed by atoms with E-state index in [-0.39, 0.29) is 38.6 Å². The van der Waals surface area contributed by atoms with Gasteiger partial charge in [0.25, 0.3) is 0 Å². The molecule has 2 atom stereocenters. The topological polar surface area (TPSA) is 111 Å². The molecule has 0 heterocycles. The van der Waals surface area contributed by atoms with Gasteiger partial charge in [-0.2, -0.15) is 0 Å². The molecule has 0 aromatic rings. The fourth-order valence-corrected chi connectivity index (χ4v) is 8.24. The van der Waals surface area contributed by atoms with Crippen molar-refractivity contribution in [3.05, 3.63) is 48.6 Å². The Morgan fingerprint density at radius 3 is 1.19 bits per heavy atom. The highest BCUT2D eigenvalue weighted by molar-refractivity contribution is 5.70. The van der Waals surface area contributed by atoms with Gasteiger partial charge < -0.3 is 33.3 Å². The second kappa shape index (κ2) is 52.6. The summed E-state index contributed by atoms with van der Waals surface area (Å²) >= 11 is 0. The van der Waals surface area contributed by atoms with Crippen LogP contribution >= 0.6 is 0 Å². The van der Waals surface area contributed by atoms with Crippen LogP contribution in [0.4, 0.5) is 0 Å². The van der Waals surface area contributed by atoms with E-state index < -0.39 is 24.3 Å². The Kier molecular flexibility index (Phi) is 50.5. The number of ether oxygens (including phenoxy) is 4. The molecule has 408 valence electrons. The minimum Gasteiger partial charge on any atom is -0.545 e. The van der Waals surface area contributed by atoms with Crippen molar-refractivity contribution in [3.63, 3.8) is 0 Å². The number of unbranched alkanes of at least 4 members (excludes halogenated alkanes) is 31. The molecule has 0 aromatic carbocycles. The van der Waals surface area contributed by atoms with E-state index in [2.05, 4.69) is 62.5 Å². The Hall–Kier alpha value is -2.75. The molecule has 9 nitrogen and oxygen atoms in total. The summed E-state index contributed by atoms with van der Waals surface area (Å²) in [5.74, 6) is -2.29. The van der Waals surface area contributed by atoms with Crippen molar-refractivity contribution in [1.29, 1.82) is 0 Å². The van der Waals surface area contributed by atoms with Crippen molar-refractivity contribution in [1.82, 2.24) is 0 Å². The predicted octanol–water partition coefficient (Wildman–Crippen LogP) is 15.7. The first-order chi connectivity index (χ1) is 34.1. The second-order valence-corrected chi connectivity index (χ2v) is 20.9. The maximum Gasteiger partial charge on any atom is 0.306 e. The Morgan fingerprint density at radius 1 is 0.429 bits per heavy atom. The molecule has 0 aliphatic heterocycles. The third-order valence-corrected chi connectivity index (χ3v) is 12.8. The number of hydrogen-bond acceptors (Lipinski definition) is 8. The normalized spacial score (nSPS) is 13.1. The third kappa shape index (κ3) is 53.1. The average Bonchev–Trinajstić information content (AvgIpc) is 3.33. The van der Waals surface area contributed by atoms with Crippen molar-refractivity contribution in [3.8, 4) is 0 Å². The van der Waals surface area contributed by atoms with Crippen molar-refractivity contribution < 1.29 is 42.9 Å². The molecule has 0 rings (SSSR count). The van der Waals surface area contributed by atoms with Crippen LogP contribution in [0.15, 0.2) is 48.6 Å². The highest BCUT2D eigenvalue weighted by Crippen LogP contribution is 2.16. The van der Waals surface area contributed by atoms with Crippen LogP contribution < -0.4 is 5.11 Å². The van der Waals surface area contributed by atoms with Gasteiger partial charge in [-0.05, 0) is 77.0 Å². The number of carboxylic acid groups (broad SMARTS) is 1. The highest BCUT2D eigenvalue weighted by Gasteiger charge is 2.22. The number of carboxylic acids is 1. The summed E-state index contributed by atoms with van der Waals surface area (Å²) in [7, 11) is 5.92. The lowest BCUT2D eigenvalue weighted by Gasteiger charge is -2.26. The van der Waals surface area contributed by atoms with Crippen LogP contribution in [0.25, 0.3) is 0 Å². The van der Waals surface area contributed by atoms with Gasteiger partial charge in [0.1, 0.15) is 13.2 Å². The van der Waals surface area contributed by atoms with E-state index in [1.165, 1.54) is 167 Å². The largest absolute Gasteiger partial charge is 0.545 e. The molecule has 0 fully saturated rings. The van der Waals surface area contributed by atoms with Gasteiger partial charge in [0.15, 0.2) is 12.4 Å². The highest BCUT2D eigenvalue weighted by atomic mass is 16.7. The minimum atomic E-state index is -1.62. The van der Waals surface area contributed by atoms with Gasteiger partial charge in [-0.1, -0.05) is 223 Å². The molecule has 0 N–H and O–H groups in total. The molecule has 0 aliphatic rings. The molecule has 0 aliphatic carbocycles. The van der Waals surface area contributed by atoms with Crippen LogP contribution in [0.1, 0.15) is 264 Å². The van der Waals surface area contributed by atoms with E-state index in [0.717, 1.165) is 64.2 Å². The molecule has 70 heavy (non-hydrogen) atoms. The number of carbonyl (C=O) groups excluding carboxylic acids is 3. The fraction of sp³-hybridized carbons (Fsp3) is 0.820. The number of rotatable bonds is 54. The summed E-state index contributed by atoms with van der Waals surface area (Å²) in [6.45, 7) is 4.72. The number of aliphatic carboxylic acids is 1. The van der Waals surface area contributed by atoms with E-state index in [1.54, 1.807) is 0 Å². The molecule has 0 saturated heterocycles. The summed E-state index contributed by atoms with van der Waals surface area (Å²) in [6, 6.07) is 0. The summed E-state index contributed by atoms with van der Waals surface area (Å²) in [6.07, 6.45) is 61.8. The first kappa shape index (κ1) is 67.2. The SMILES string of the molecule is CCCCC/C=C\CCCCCCCC(=O)OCC(COC(OCC[N+](C)(C)C)C(=O)[O-])OC(=O)CCCCCCCCCCCCCCCCCCCC/C=C\C/C=C\C/C=C\CCCCCCC. The van der Waals surface area contributed by atoms with Gasteiger partial charge >= 0.3 is 11.9 Å². The van der Waals surface area contributed by atoms with Gasteiger partial charge in [0.2, 0.25) is 0 Å². The van der Waals surface area contributed by atoms with E-state index in [9.17, 15) is 19.5 Å². The van der Waals surface area contributed by atoms with Crippen LogP contribution in [-0.4, -0.2) is 82.3 Å². The summed E-state index contributed by atoms with van der Waals surface area (Å²) < 4.78 is 22.6. The number of quaternary nitrogens is 1. The number of likely N-dealkylation sites (N-methyl/N-ethyl adjacent to an activating group) is 1. The number of esters is 2. The average molecular weight is 987 g/mol. The second-order valence-electron chi connectivity index (χ2n) is 20.9. The standard InChI is InChI=1S/C61H111NO8/c1-6-8-10-12-14-16-18-20-21-22-23-24-25-26-27-28-29-30-31-32-33-34-35-36-37-38-39-40-42-44-46-48-50-52-59(64)70-57(56-69-61(60(65)66)67-54-53-62(3,4)5)55-68-58(63)51-49-47-45-43-41-19-17-15-13-11-9-7-2/h15,17-18,20,22-23,25-26,57,61H,6-14,16,19,21,24,27-56H2,1-5H3/b17-15-,20-18-,23-22-,26-25-. The van der Waals surface area contributed by atoms with E-state index >= 15 is 0 Å². The molecule has 0 spiro atoms. The summed E-state index contributed by atoms with van der Waals surface area (Å²) in [4.78, 5) is 37.2. The first-order valence-corrected chi connectivity index (χ1v) is 29.3. The Balaban J connectivity index is 4.06. The van der Waals surface area contributed by atoms with Crippen LogP contribution in [0.3, 0.4) is 0 Å². The van der Waals surface area contributed by atoms with Gasteiger partial charge in [-0.3, -0.25) is 9.59 Å². The van der Waals surface area contributed by atoms with E-state index in [0.29, 0.717) is 17.4 Å². The van der Waals surface area contributed by atoms with Crippen molar-refractivity contribution in [2.24, 2.45) is 0 Å². The van der Waals surface area contributed by atoms with Gasteiger partial charge in [-0.15, -0.1) is 0 Å². The zero-order chi connectivity index (χ0) is 51.3. The fourth-order valence-electron chi connectivity index (χ4n) is 8.24. The van der Waals surface area contributed by atoms with Crippen molar-refractivity contribution >= 4 is 17.9 Å². The number of carbonyl (C=O) groups is 3. The van der Waals surface area contributed by atoms with Crippen molar-refractivity contribution in [2.75, 3.05) is 47.5 Å². The molecule has 0 aromatic heterocycles. The van der Waals surface area contributed by atoms with Crippen LogP contribution in [0, 0.1) is 0 Å². The lowest BCUT2D eigenvalue weighted by molar-refractivity contribution is -0.870. The van der Waals surface area contributed by atoms with Crippen molar-refractivity contribution in [2.45, 2.75) is 277 Å². The predicted molar refractivity (Wildman–Crippen MR) is 292 cm³/mol. The van der Waals surface area contributed by atoms with Crippen LogP contribution in [-0.2, 0) is 33.3 Å². The lowest BCUT2D eigenvalue weighted by atomic mass is 10.0. The van der Waals surface area contributed by atoms with Gasteiger partial charge in [0.05, 0.1) is 40.3 Å². The van der Waals surface area contributed by atoms with Gasteiger partial charge in [0, 0.05) is 12.8 Å². The zero-order valence-corrected chi connectivity index (χ0v) is 46.4. The van der Waals surface area contributed by atoms with Crippen LogP contribution in [0.5, 0.6) is 0 Å². The maximum absolute atomic E-state index is 12.8.